The van der Waals surface area contributed by atoms with E-state index in [2.05, 4.69) is 4.98 Å². The van der Waals surface area contributed by atoms with Crippen LogP contribution in [0.25, 0.3) is 0 Å². The average Bonchev–Trinajstić information content (AvgIpc) is 2.58. The van der Waals surface area contributed by atoms with E-state index in [0.29, 0.717) is 18.3 Å². The zero-order valence-corrected chi connectivity index (χ0v) is 10.6. The molecule has 4 atom stereocenters. The standard InChI is InChI=1S/C15H21NO2/c17-14(9-11-3-2-8-16-10-11)15(18)12-4-1-5-13(15)7-6-12/h2-3,8,10,12-14,17-18H,1,4-7,9H2/t12-,13+,14?,15?. The predicted octanol–water partition coefficient (Wildman–Crippen LogP) is 1.93. The Morgan fingerprint density at radius 3 is 2.61 bits per heavy atom. The van der Waals surface area contributed by atoms with Crippen LogP contribution in [0.5, 0.6) is 0 Å². The van der Waals surface area contributed by atoms with Gasteiger partial charge in [-0.15, -0.1) is 0 Å². The minimum atomic E-state index is -0.853. The van der Waals surface area contributed by atoms with Crippen LogP contribution in [0.1, 0.15) is 37.7 Å². The molecule has 0 radical (unpaired) electrons. The van der Waals surface area contributed by atoms with Crippen LogP contribution < -0.4 is 0 Å². The van der Waals surface area contributed by atoms with Crippen molar-refractivity contribution in [3.05, 3.63) is 30.1 Å². The lowest BCUT2D eigenvalue weighted by Crippen LogP contribution is -2.53. The summed E-state index contributed by atoms with van der Waals surface area (Å²) in [5.41, 5.74) is 0.150. The molecule has 1 aromatic heterocycles. The van der Waals surface area contributed by atoms with Gasteiger partial charge < -0.3 is 10.2 Å². The maximum absolute atomic E-state index is 10.9. The number of aromatic nitrogens is 1. The first-order chi connectivity index (χ1) is 8.71. The molecule has 3 nitrogen and oxygen atoms in total. The van der Waals surface area contributed by atoms with E-state index < -0.39 is 11.7 Å². The molecule has 0 aliphatic heterocycles. The van der Waals surface area contributed by atoms with Gasteiger partial charge in [0, 0.05) is 18.8 Å². The van der Waals surface area contributed by atoms with Crippen LogP contribution in [0.4, 0.5) is 0 Å². The summed E-state index contributed by atoms with van der Waals surface area (Å²) in [6, 6.07) is 3.84. The molecule has 0 saturated heterocycles. The summed E-state index contributed by atoms with van der Waals surface area (Å²) in [7, 11) is 0. The molecule has 2 unspecified atom stereocenters. The Labute approximate surface area is 108 Å². The molecule has 0 amide bonds. The number of hydrogen-bond donors (Lipinski definition) is 2. The van der Waals surface area contributed by atoms with Crippen LogP contribution in [-0.2, 0) is 6.42 Å². The van der Waals surface area contributed by atoms with E-state index in [9.17, 15) is 10.2 Å². The van der Waals surface area contributed by atoms with Crippen LogP contribution in [0.3, 0.4) is 0 Å². The first-order valence-electron chi connectivity index (χ1n) is 7.00. The lowest BCUT2D eigenvalue weighted by molar-refractivity contribution is -0.142. The normalized spacial score (nSPS) is 36.6. The van der Waals surface area contributed by atoms with E-state index in [-0.39, 0.29) is 0 Å². The van der Waals surface area contributed by atoms with Crippen LogP contribution in [-0.4, -0.2) is 26.9 Å². The van der Waals surface area contributed by atoms with Crippen molar-refractivity contribution < 1.29 is 10.2 Å². The number of fused-ring (bicyclic) bond motifs is 2. The largest absolute Gasteiger partial charge is 0.390 e. The monoisotopic (exact) mass is 247 g/mol. The zero-order chi connectivity index (χ0) is 12.6. The second-order valence-corrected chi connectivity index (χ2v) is 5.87. The van der Waals surface area contributed by atoms with Crippen molar-refractivity contribution in [2.75, 3.05) is 0 Å². The third-order valence-electron chi connectivity index (χ3n) is 4.96. The highest BCUT2D eigenvalue weighted by Crippen LogP contribution is 2.51. The Morgan fingerprint density at radius 2 is 2.00 bits per heavy atom. The van der Waals surface area contributed by atoms with E-state index in [1.54, 1.807) is 12.4 Å². The average molecular weight is 247 g/mol. The molecule has 1 heterocycles. The molecular weight excluding hydrogens is 226 g/mol. The van der Waals surface area contributed by atoms with Crippen molar-refractivity contribution in [3.63, 3.8) is 0 Å². The van der Waals surface area contributed by atoms with Crippen LogP contribution in [0, 0.1) is 11.8 Å². The molecule has 2 aliphatic rings. The fourth-order valence-electron chi connectivity index (χ4n) is 4.01. The van der Waals surface area contributed by atoms with E-state index in [1.165, 1.54) is 6.42 Å². The minimum absolute atomic E-state index is 0.294. The number of hydrogen-bond acceptors (Lipinski definition) is 3. The van der Waals surface area contributed by atoms with Crippen molar-refractivity contribution in [3.8, 4) is 0 Å². The second kappa shape index (κ2) is 4.63. The molecule has 2 fully saturated rings. The summed E-state index contributed by atoms with van der Waals surface area (Å²) in [4.78, 5) is 4.07. The van der Waals surface area contributed by atoms with Gasteiger partial charge in [0.05, 0.1) is 11.7 Å². The Morgan fingerprint density at radius 1 is 1.28 bits per heavy atom. The smallest absolute Gasteiger partial charge is 0.0964 e. The molecular formula is C15H21NO2. The zero-order valence-electron chi connectivity index (χ0n) is 10.6. The summed E-state index contributed by atoms with van der Waals surface area (Å²) in [5.74, 6) is 0.589. The van der Waals surface area contributed by atoms with Gasteiger partial charge in [0.25, 0.3) is 0 Å². The predicted molar refractivity (Wildman–Crippen MR) is 69.0 cm³/mol. The van der Waals surface area contributed by atoms with E-state index in [4.69, 9.17) is 0 Å². The summed E-state index contributed by atoms with van der Waals surface area (Å²) < 4.78 is 0. The lowest BCUT2D eigenvalue weighted by atomic mass is 9.70. The van der Waals surface area contributed by atoms with Gasteiger partial charge in [-0.25, -0.2) is 0 Å². The molecule has 0 spiro atoms. The number of rotatable bonds is 3. The van der Waals surface area contributed by atoms with Gasteiger partial charge >= 0.3 is 0 Å². The van der Waals surface area contributed by atoms with Gasteiger partial charge in [-0.05, 0) is 49.1 Å². The molecule has 1 aromatic rings. The van der Waals surface area contributed by atoms with Gasteiger partial charge in [-0.3, -0.25) is 4.98 Å². The molecule has 3 heteroatoms. The molecule has 3 rings (SSSR count). The van der Waals surface area contributed by atoms with Gasteiger partial charge in [0.2, 0.25) is 0 Å². The van der Waals surface area contributed by atoms with Crippen molar-refractivity contribution in [1.82, 2.24) is 4.98 Å². The van der Waals surface area contributed by atoms with E-state index in [0.717, 1.165) is 31.2 Å². The van der Waals surface area contributed by atoms with Crippen molar-refractivity contribution in [2.45, 2.75) is 50.2 Å². The quantitative estimate of drug-likeness (QED) is 0.858. The number of nitrogens with zero attached hydrogens (tertiary/aromatic N) is 1. The van der Waals surface area contributed by atoms with Crippen LogP contribution in [0.15, 0.2) is 24.5 Å². The fraction of sp³-hybridized carbons (Fsp3) is 0.667. The summed E-state index contributed by atoms with van der Waals surface area (Å²) in [6.07, 6.45) is 8.85. The van der Waals surface area contributed by atoms with E-state index >= 15 is 0 Å². The summed E-state index contributed by atoms with van der Waals surface area (Å²) in [6.45, 7) is 0. The first-order valence-corrected chi connectivity index (χ1v) is 7.00. The lowest BCUT2D eigenvalue weighted by Gasteiger charge is -2.43. The number of aliphatic hydroxyl groups is 2. The molecule has 2 N–H and O–H groups in total. The maximum Gasteiger partial charge on any atom is 0.0964 e. The number of aliphatic hydroxyl groups excluding tert-OH is 1. The summed E-state index contributed by atoms with van der Waals surface area (Å²) >= 11 is 0. The third-order valence-corrected chi connectivity index (χ3v) is 4.96. The fourth-order valence-corrected chi connectivity index (χ4v) is 4.01. The molecule has 18 heavy (non-hydrogen) atoms. The van der Waals surface area contributed by atoms with Gasteiger partial charge in [-0.2, -0.15) is 0 Å². The molecule has 0 aromatic carbocycles. The highest BCUT2D eigenvalue weighted by atomic mass is 16.3. The van der Waals surface area contributed by atoms with Crippen molar-refractivity contribution in [1.29, 1.82) is 0 Å². The topological polar surface area (TPSA) is 53.4 Å². The SMILES string of the molecule is OC(Cc1cccnc1)C1(O)[C@@H]2CCC[C@H]1CC2. The Hall–Kier alpha value is -0.930. The molecule has 98 valence electrons. The molecule has 2 aliphatic carbocycles. The van der Waals surface area contributed by atoms with Gasteiger partial charge in [-0.1, -0.05) is 12.5 Å². The minimum Gasteiger partial charge on any atom is -0.390 e. The third kappa shape index (κ3) is 1.86. The summed E-state index contributed by atoms with van der Waals surface area (Å²) in [5, 5.41) is 21.4. The first kappa shape index (κ1) is 12.1. The van der Waals surface area contributed by atoms with Crippen molar-refractivity contribution in [2.24, 2.45) is 11.8 Å². The van der Waals surface area contributed by atoms with E-state index in [1.807, 2.05) is 12.1 Å². The van der Waals surface area contributed by atoms with Crippen molar-refractivity contribution >= 4 is 0 Å². The van der Waals surface area contributed by atoms with Gasteiger partial charge in [0.15, 0.2) is 0 Å². The molecule has 2 bridgehead atoms. The highest BCUT2D eigenvalue weighted by Gasteiger charge is 2.54. The molecule has 2 saturated carbocycles. The second-order valence-electron chi connectivity index (χ2n) is 5.87. The van der Waals surface area contributed by atoms with Gasteiger partial charge in [0.1, 0.15) is 0 Å². The number of pyridine rings is 1. The Bertz CT molecular complexity index is 390. The Kier molecular flexibility index (Phi) is 3.12. The van der Waals surface area contributed by atoms with Crippen LogP contribution >= 0.6 is 0 Å². The maximum atomic E-state index is 10.9. The Balaban J connectivity index is 1.77. The highest BCUT2D eigenvalue weighted by molar-refractivity contribution is 5.14. The van der Waals surface area contributed by atoms with Crippen LogP contribution in [0.2, 0.25) is 0 Å².